The maximum atomic E-state index is 4.29. The Morgan fingerprint density at radius 3 is 2.73 bits per heavy atom. The first kappa shape index (κ1) is 9.71. The number of hydrogen-bond donors (Lipinski definition) is 1. The van der Waals surface area contributed by atoms with E-state index in [-0.39, 0.29) is 6.04 Å². The maximum absolute atomic E-state index is 4.29. The molecule has 4 heteroatoms. The Labute approximate surface area is 89.0 Å². The highest BCUT2D eigenvalue weighted by Gasteiger charge is 2.07. The monoisotopic (exact) mass is 202 g/mol. The van der Waals surface area contributed by atoms with Gasteiger partial charge in [0.2, 0.25) is 5.95 Å². The zero-order valence-corrected chi connectivity index (χ0v) is 8.88. The van der Waals surface area contributed by atoms with E-state index in [0.29, 0.717) is 0 Å². The number of nitrogens with one attached hydrogen (secondary N) is 1. The molecule has 0 spiro atoms. The summed E-state index contributed by atoms with van der Waals surface area (Å²) in [4.78, 5) is 8.49. The first-order valence-corrected chi connectivity index (χ1v) is 4.92. The fourth-order valence-electron chi connectivity index (χ4n) is 1.40. The van der Waals surface area contributed by atoms with Crippen LogP contribution in [0, 0.1) is 0 Å². The van der Waals surface area contributed by atoms with E-state index in [1.807, 2.05) is 36.0 Å². The lowest BCUT2D eigenvalue weighted by molar-refractivity contribution is 0.797. The molecule has 0 saturated heterocycles. The van der Waals surface area contributed by atoms with Crippen LogP contribution < -0.4 is 5.32 Å². The Kier molecular flexibility index (Phi) is 2.67. The number of imidazole rings is 1. The molecule has 1 N–H and O–H groups in total. The van der Waals surface area contributed by atoms with Crippen LogP contribution in [-0.4, -0.2) is 14.5 Å². The van der Waals surface area contributed by atoms with Gasteiger partial charge in [0.05, 0.1) is 11.7 Å². The standard InChI is InChI=1S/C11H14N4/c1-9(10-5-3-4-6-12-10)14-11-13-7-8-15(11)2/h3-9H,1-2H3,(H,13,14). The van der Waals surface area contributed by atoms with Gasteiger partial charge in [-0.3, -0.25) is 4.98 Å². The second-order valence-electron chi connectivity index (χ2n) is 3.48. The lowest BCUT2D eigenvalue weighted by Gasteiger charge is -2.13. The molecule has 2 rings (SSSR count). The van der Waals surface area contributed by atoms with Crippen molar-refractivity contribution in [3.8, 4) is 0 Å². The third kappa shape index (κ3) is 2.15. The summed E-state index contributed by atoms with van der Waals surface area (Å²) in [5, 5.41) is 3.30. The van der Waals surface area contributed by atoms with Crippen molar-refractivity contribution < 1.29 is 0 Å². The van der Waals surface area contributed by atoms with Crippen molar-refractivity contribution in [2.45, 2.75) is 13.0 Å². The summed E-state index contributed by atoms with van der Waals surface area (Å²) in [6, 6.07) is 6.06. The van der Waals surface area contributed by atoms with Crippen molar-refractivity contribution in [2.75, 3.05) is 5.32 Å². The molecule has 78 valence electrons. The van der Waals surface area contributed by atoms with E-state index in [1.165, 1.54) is 0 Å². The highest BCUT2D eigenvalue weighted by atomic mass is 15.2. The SMILES string of the molecule is CC(Nc1nccn1C)c1ccccn1. The summed E-state index contributed by atoms with van der Waals surface area (Å²) in [7, 11) is 1.96. The largest absolute Gasteiger partial charge is 0.348 e. The lowest BCUT2D eigenvalue weighted by atomic mass is 10.2. The van der Waals surface area contributed by atoms with Gasteiger partial charge >= 0.3 is 0 Å². The first-order valence-electron chi connectivity index (χ1n) is 4.92. The van der Waals surface area contributed by atoms with Crippen LogP contribution in [-0.2, 0) is 7.05 Å². The van der Waals surface area contributed by atoms with E-state index in [4.69, 9.17) is 0 Å². The Morgan fingerprint density at radius 2 is 2.13 bits per heavy atom. The van der Waals surface area contributed by atoms with Crippen LogP contribution in [0.4, 0.5) is 5.95 Å². The van der Waals surface area contributed by atoms with Gasteiger partial charge in [0, 0.05) is 25.6 Å². The van der Waals surface area contributed by atoms with E-state index in [2.05, 4.69) is 22.2 Å². The normalized spacial score (nSPS) is 12.4. The lowest BCUT2D eigenvalue weighted by Crippen LogP contribution is -2.11. The third-order valence-corrected chi connectivity index (χ3v) is 2.30. The first-order chi connectivity index (χ1) is 7.27. The van der Waals surface area contributed by atoms with Crippen molar-refractivity contribution in [1.29, 1.82) is 0 Å². The van der Waals surface area contributed by atoms with Crippen molar-refractivity contribution in [3.63, 3.8) is 0 Å². The van der Waals surface area contributed by atoms with Crippen LogP contribution >= 0.6 is 0 Å². The molecule has 0 bridgehead atoms. The Bertz CT molecular complexity index is 421. The van der Waals surface area contributed by atoms with E-state index < -0.39 is 0 Å². The quantitative estimate of drug-likeness (QED) is 0.827. The predicted molar refractivity (Wildman–Crippen MR) is 59.5 cm³/mol. The zero-order chi connectivity index (χ0) is 10.7. The minimum atomic E-state index is 0.160. The number of nitrogens with zero attached hydrogens (tertiary/aromatic N) is 3. The van der Waals surface area contributed by atoms with Gasteiger partial charge in [0.15, 0.2) is 0 Å². The van der Waals surface area contributed by atoms with Crippen LogP contribution in [0.5, 0.6) is 0 Å². The van der Waals surface area contributed by atoms with E-state index >= 15 is 0 Å². The number of hydrogen-bond acceptors (Lipinski definition) is 3. The molecular weight excluding hydrogens is 188 g/mol. The summed E-state index contributed by atoms with van der Waals surface area (Å²) >= 11 is 0. The van der Waals surface area contributed by atoms with Gasteiger partial charge in [-0.05, 0) is 19.1 Å². The molecule has 0 fully saturated rings. The molecule has 0 radical (unpaired) electrons. The van der Waals surface area contributed by atoms with Gasteiger partial charge in [-0.15, -0.1) is 0 Å². The van der Waals surface area contributed by atoms with Gasteiger partial charge in [-0.1, -0.05) is 6.07 Å². The predicted octanol–water partition coefficient (Wildman–Crippen LogP) is 1.99. The Hall–Kier alpha value is -1.84. The van der Waals surface area contributed by atoms with Crippen molar-refractivity contribution in [3.05, 3.63) is 42.5 Å². The topological polar surface area (TPSA) is 42.7 Å². The summed E-state index contributed by atoms with van der Waals surface area (Å²) in [5.41, 5.74) is 1.01. The molecule has 2 aromatic rings. The Balaban J connectivity index is 2.11. The summed E-state index contributed by atoms with van der Waals surface area (Å²) in [6.07, 6.45) is 5.48. The van der Waals surface area contributed by atoms with Gasteiger partial charge in [-0.25, -0.2) is 4.98 Å². The number of pyridine rings is 1. The average molecular weight is 202 g/mol. The highest BCUT2D eigenvalue weighted by Crippen LogP contribution is 2.14. The molecule has 2 heterocycles. The molecule has 0 aliphatic rings. The zero-order valence-electron chi connectivity index (χ0n) is 8.88. The van der Waals surface area contributed by atoms with E-state index in [0.717, 1.165) is 11.6 Å². The minimum Gasteiger partial charge on any atom is -0.348 e. The van der Waals surface area contributed by atoms with E-state index in [1.54, 1.807) is 12.4 Å². The Morgan fingerprint density at radius 1 is 1.27 bits per heavy atom. The van der Waals surface area contributed by atoms with Gasteiger partial charge in [0.25, 0.3) is 0 Å². The molecule has 0 aromatic carbocycles. The van der Waals surface area contributed by atoms with E-state index in [9.17, 15) is 0 Å². The van der Waals surface area contributed by atoms with Crippen LogP contribution in [0.15, 0.2) is 36.8 Å². The molecule has 2 aromatic heterocycles. The smallest absolute Gasteiger partial charge is 0.203 e. The molecule has 0 aliphatic heterocycles. The second-order valence-corrected chi connectivity index (χ2v) is 3.48. The molecule has 0 aliphatic carbocycles. The maximum Gasteiger partial charge on any atom is 0.203 e. The fraction of sp³-hybridized carbons (Fsp3) is 0.273. The summed E-state index contributed by atoms with van der Waals surface area (Å²) in [5.74, 6) is 0.855. The van der Waals surface area contributed by atoms with Gasteiger partial charge in [-0.2, -0.15) is 0 Å². The van der Waals surface area contributed by atoms with Crippen LogP contribution in [0.1, 0.15) is 18.7 Å². The second kappa shape index (κ2) is 4.13. The molecule has 0 saturated carbocycles. The molecule has 4 nitrogen and oxygen atoms in total. The van der Waals surface area contributed by atoms with Crippen LogP contribution in [0.3, 0.4) is 0 Å². The van der Waals surface area contributed by atoms with Crippen LogP contribution in [0.2, 0.25) is 0 Å². The fourth-order valence-corrected chi connectivity index (χ4v) is 1.40. The van der Waals surface area contributed by atoms with Crippen molar-refractivity contribution >= 4 is 5.95 Å². The molecule has 1 unspecified atom stereocenters. The van der Waals surface area contributed by atoms with Crippen molar-refractivity contribution in [2.24, 2.45) is 7.05 Å². The number of rotatable bonds is 3. The average Bonchev–Trinajstić information content (AvgIpc) is 2.66. The number of aryl methyl sites for hydroxylation is 1. The summed E-state index contributed by atoms with van der Waals surface area (Å²) in [6.45, 7) is 2.07. The minimum absolute atomic E-state index is 0.160. The third-order valence-electron chi connectivity index (χ3n) is 2.30. The molecular formula is C11H14N4. The van der Waals surface area contributed by atoms with Crippen LogP contribution in [0.25, 0.3) is 0 Å². The van der Waals surface area contributed by atoms with Gasteiger partial charge in [0.1, 0.15) is 0 Å². The molecule has 1 atom stereocenters. The summed E-state index contributed by atoms with van der Waals surface area (Å²) < 4.78 is 1.94. The highest BCUT2D eigenvalue weighted by molar-refractivity contribution is 5.29. The molecule has 15 heavy (non-hydrogen) atoms. The number of aromatic nitrogens is 3. The van der Waals surface area contributed by atoms with Crippen molar-refractivity contribution in [1.82, 2.24) is 14.5 Å². The molecule has 0 amide bonds. The van der Waals surface area contributed by atoms with Gasteiger partial charge < -0.3 is 9.88 Å². The number of anilines is 1.